The van der Waals surface area contributed by atoms with E-state index >= 15 is 0 Å². The summed E-state index contributed by atoms with van der Waals surface area (Å²) in [5.74, 6) is -3.80. The van der Waals surface area contributed by atoms with Gasteiger partial charge in [0.05, 0.1) is 21.3 Å². The molecule has 0 spiro atoms. The van der Waals surface area contributed by atoms with E-state index < -0.39 is 65.6 Å². The number of nitrogens with one attached hydrogen (secondary N) is 4. The van der Waals surface area contributed by atoms with Crippen LogP contribution in [0.15, 0.2) is 117 Å². The highest BCUT2D eigenvalue weighted by molar-refractivity contribution is 7.90. The van der Waals surface area contributed by atoms with Crippen molar-refractivity contribution in [2.45, 2.75) is 43.5 Å². The Morgan fingerprint density at radius 2 is 1.41 bits per heavy atom. The minimum Gasteiger partial charge on any atom is -0.478 e. The zero-order valence-electron chi connectivity index (χ0n) is 31.7. The van der Waals surface area contributed by atoms with Crippen molar-refractivity contribution in [1.29, 1.82) is 0 Å². The Kier molecular flexibility index (Phi) is 14.6. The van der Waals surface area contributed by atoms with Gasteiger partial charge in [-0.1, -0.05) is 60.8 Å². The maximum Gasteiger partial charge on any atom is 0.335 e. The Labute approximate surface area is 341 Å². The lowest BCUT2D eigenvalue weighted by molar-refractivity contribution is -0.132. The van der Waals surface area contributed by atoms with E-state index in [1.165, 1.54) is 24.3 Å². The fourth-order valence-corrected chi connectivity index (χ4v) is 8.21. The topological polar surface area (TPSA) is 288 Å². The summed E-state index contributed by atoms with van der Waals surface area (Å²) in [7, 11) is -9.53. The highest BCUT2D eigenvalue weighted by Gasteiger charge is 2.27. The van der Waals surface area contributed by atoms with Crippen LogP contribution < -0.4 is 27.0 Å². The highest BCUT2D eigenvalue weighted by atomic mass is 32.2. The summed E-state index contributed by atoms with van der Waals surface area (Å²) in [5, 5.41) is 19.7. The molecule has 0 bridgehead atoms. The first-order valence-corrected chi connectivity index (χ1v) is 21.5. The SMILES string of the molecule is NCC1C=CC(C(=O)NCC2=C(S(=O)(=O)O)C=C(C(=O)NCC3=CCC(C(=O)NCc4ccc(C(=O)NCC5C=CC(C(=O)O)=CC5)cc4S(=O)(=O)O)C=C3)CC2)=CC1. The van der Waals surface area contributed by atoms with E-state index in [-0.39, 0.29) is 85.1 Å². The molecule has 9 N–H and O–H groups in total. The van der Waals surface area contributed by atoms with Gasteiger partial charge in [-0.2, -0.15) is 16.8 Å². The number of aliphatic carboxylic acids is 1. The second-order valence-corrected chi connectivity index (χ2v) is 17.0. The molecule has 314 valence electrons. The predicted molar refractivity (Wildman–Crippen MR) is 215 cm³/mol. The molecule has 0 radical (unpaired) electrons. The third kappa shape index (κ3) is 12.1. The number of benzene rings is 1. The van der Waals surface area contributed by atoms with Gasteiger partial charge in [-0.3, -0.25) is 28.3 Å². The average molecular weight is 852 g/mol. The van der Waals surface area contributed by atoms with Crippen LogP contribution in [0.2, 0.25) is 0 Å². The van der Waals surface area contributed by atoms with E-state index in [0.29, 0.717) is 30.5 Å². The second-order valence-electron chi connectivity index (χ2n) is 14.3. The summed E-state index contributed by atoms with van der Waals surface area (Å²) in [5.41, 5.74) is 7.21. The van der Waals surface area contributed by atoms with E-state index in [4.69, 9.17) is 10.8 Å². The Morgan fingerprint density at radius 1 is 0.712 bits per heavy atom. The van der Waals surface area contributed by atoms with Gasteiger partial charge in [0.1, 0.15) is 0 Å². The number of carbonyl (C=O) groups excluding carboxylic acids is 4. The number of nitrogens with two attached hydrogens (primary N) is 1. The number of hydrogen-bond acceptors (Lipinski definition) is 10. The lowest BCUT2D eigenvalue weighted by Crippen LogP contribution is -2.32. The lowest BCUT2D eigenvalue weighted by Gasteiger charge is -2.20. The quantitative estimate of drug-likeness (QED) is 0.111. The molecule has 17 nitrogen and oxygen atoms in total. The van der Waals surface area contributed by atoms with E-state index in [0.717, 1.165) is 12.1 Å². The molecule has 4 amide bonds. The van der Waals surface area contributed by atoms with Crippen molar-refractivity contribution in [2.75, 3.05) is 26.2 Å². The van der Waals surface area contributed by atoms with Crippen molar-refractivity contribution in [1.82, 2.24) is 21.3 Å². The number of carboxylic acid groups (broad SMARTS) is 1. The third-order valence-electron chi connectivity index (χ3n) is 10.1. The van der Waals surface area contributed by atoms with E-state index in [9.17, 15) is 49.9 Å². The molecule has 0 aliphatic heterocycles. The molecule has 19 heteroatoms. The third-order valence-corrected chi connectivity index (χ3v) is 12.0. The Hall–Kier alpha value is -5.73. The monoisotopic (exact) mass is 851 g/mol. The number of allylic oxidation sites excluding steroid dienone is 4. The van der Waals surface area contributed by atoms with Crippen LogP contribution in [-0.4, -0.2) is 86.8 Å². The molecule has 1 aromatic carbocycles. The van der Waals surface area contributed by atoms with Gasteiger partial charge in [0.25, 0.3) is 32.1 Å². The Bertz CT molecular complexity index is 2390. The zero-order valence-corrected chi connectivity index (χ0v) is 33.4. The van der Waals surface area contributed by atoms with Gasteiger partial charge in [0, 0.05) is 42.9 Å². The molecule has 1 aromatic rings. The molecule has 0 fully saturated rings. The van der Waals surface area contributed by atoms with Crippen LogP contribution in [0.4, 0.5) is 0 Å². The van der Waals surface area contributed by atoms with E-state index in [1.54, 1.807) is 36.5 Å². The first-order valence-electron chi connectivity index (χ1n) is 18.6. The molecular formula is C40H45N5O12S2. The fraction of sp³-hybridized carbons (Fsp3) is 0.325. The van der Waals surface area contributed by atoms with Gasteiger partial charge in [-0.15, -0.1) is 0 Å². The van der Waals surface area contributed by atoms with Gasteiger partial charge in [0.15, 0.2) is 0 Å². The minimum atomic E-state index is -4.80. The summed E-state index contributed by atoms with van der Waals surface area (Å²) in [6, 6.07) is 3.66. The van der Waals surface area contributed by atoms with Crippen LogP contribution in [-0.2, 0) is 46.0 Å². The number of amides is 4. The molecule has 0 saturated heterocycles. The number of hydrogen-bond donors (Lipinski definition) is 8. The molecule has 5 rings (SSSR count). The van der Waals surface area contributed by atoms with E-state index in [1.807, 2.05) is 6.08 Å². The van der Waals surface area contributed by atoms with Crippen LogP contribution in [0.5, 0.6) is 0 Å². The maximum absolute atomic E-state index is 13.0. The lowest BCUT2D eigenvalue weighted by atomic mass is 9.95. The van der Waals surface area contributed by atoms with Gasteiger partial charge < -0.3 is 32.1 Å². The number of rotatable bonds is 16. The average Bonchev–Trinajstić information content (AvgIpc) is 3.22. The van der Waals surface area contributed by atoms with Crippen molar-refractivity contribution >= 4 is 49.8 Å². The predicted octanol–water partition coefficient (Wildman–Crippen LogP) is 1.92. The van der Waals surface area contributed by atoms with Crippen LogP contribution in [0.1, 0.15) is 48.0 Å². The Balaban J connectivity index is 1.11. The summed E-state index contributed by atoms with van der Waals surface area (Å²) < 4.78 is 68.8. The van der Waals surface area contributed by atoms with Gasteiger partial charge in [-0.25, -0.2) is 4.79 Å². The normalized spacial score (nSPS) is 20.4. The molecular weight excluding hydrogens is 807 g/mol. The van der Waals surface area contributed by atoms with Crippen molar-refractivity contribution in [3.63, 3.8) is 0 Å². The molecule has 3 atom stereocenters. The molecule has 59 heavy (non-hydrogen) atoms. The largest absolute Gasteiger partial charge is 0.478 e. The van der Waals surface area contributed by atoms with Gasteiger partial charge in [0.2, 0.25) is 11.8 Å². The molecule has 0 aromatic heterocycles. The first kappa shape index (κ1) is 44.4. The molecule has 4 aliphatic rings. The zero-order chi connectivity index (χ0) is 42.9. The summed E-state index contributed by atoms with van der Waals surface area (Å²) in [4.78, 5) is 61.5. The fourth-order valence-electron chi connectivity index (χ4n) is 6.63. The summed E-state index contributed by atoms with van der Waals surface area (Å²) in [6.45, 7) is 0.205. The van der Waals surface area contributed by atoms with Crippen LogP contribution in [0, 0.1) is 17.8 Å². The Morgan fingerprint density at radius 3 is 2.02 bits per heavy atom. The number of carbonyl (C=O) groups is 5. The minimum absolute atomic E-state index is 0.0365. The molecule has 0 saturated carbocycles. The molecule has 0 heterocycles. The smallest absolute Gasteiger partial charge is 0.335 e. The van der Waals surface area contributed by atoms with Gasteiger partial charge >= 0.3 is 5.97 Å². The second kappa shape index (κ2) is 19.3. The van der Waals surface area contributed by atoms with Crippen LogP contribution in [0.25, 0.3) is 0 Å². The van der Waals surface area contributed by atoms with Crippen molar-refractivity contribution in [3.05, 3.63) is 123 Å². The summed E-state index contributed by atoms with van der Waals surface area (Å²) in [6.07, 6.45) is 17.4. The standard InChI is InChI=1S/C40H45N5O12S2/c41-19-24-1-7-27(8-2-24)36(46)44-22-32-15-13-30(17-34(32)58(52,53)54)38(48)42-20-25-3-9-28(10-4-25)37(47)45-23-33-16-14-31(18-35(33)59(55,56)57)39(49)43-21-26-5-11-29(12-6-26)40(50)51/h1,3-5,7-9,11-12,14,16-18,24,26,28H,2,6,10,13,15,19-23,41H2,(H,42,48)(H,43,49)(H,44,46)(H,45,47)(H,50,51)(H,52,53,54)(H,55,56,57). The molecule has 3 unspecified atom stereocenters. The van der Waals surface area contributed by atoms with Crippen LogP contribution >= 0.6 is 0 Å². The van der Waals surface area contributed by atoms with Crippen molar-refractivity contribution < 1.29 is 55.0 Å². The van der Waals surface area contributed by atoms with Crippen LogP contribution in [0.3, 0.4) is 0 Å². The van der Waals surface area contributed by atoms with E-state index in [2.05, 4.69) is 21.3 Å². The summed E-state index contributed by atoms with van der Waals surface area (Å²) >= 11 is 0. The van der Waals surface area contributed by atoms with Gasteiger partial charge in [-0.05, 0) is 85.4 Å². The first-order chi connectivity index (χ1) is 27.9. The maximum atomic E-state index is 13.0. The molecule has 4 aliphatic carbocycles. The van der Waals surface area contributed by atoms with Crippen molar-refractivity contribution in [3.8, 4) is 0 Å². The number of carboxylic acids is 1. The highest BCUT2D eigenvalue weighted by Crippen LogP contribution is 2.28. The van der Waals surface area contributed by atoms with Crippen molar-refractivity contribution in [2.24, 2.45) is 23.5 Å².